The molecule has 1 saturated heterocycles. The molecule has 0 spiro atoms. The number of carbonyl (C=O) groups is 1. The van der Waals surface area contributed by atoms with E-state index in [9.17, 15) is 4.79 Å². The third-order valence-corrected chi connectivity index (χ3v) is 3.43. The SMILES string of the molecule is NNc1ncc(Br)cc1C(=O)NCC1CCCCO1. The van der Waals surface area contributed by atoms with E-state index in [0.717, 1.165) is 30.3 Å². The van der Waals surface area contributed by atoms with Crippen LogP contribution >= 0.6 is 15.9 Å². The Balaban J connectivity index is 1.97. The van der Waals surface area contributed by atoms with Crippen molar-refractivity contribution in [3.8, 4) is 0 Å². The molecule has 1 fully saturated rings. The summed E-state index contributed by atoms with van der Waals surface area (Å²) in [7, 11) is 0. The van der Waals surface area contributed by atoms with E-state index in [2.05, 4.69) is 31.7 Å². The van der Waals surface area contributed by atoms with Gasteiger partial charge in [-0.15, -0.1) is 0 Å². The molecule has 104 valence electrons. The Morgan fingerprint density at radius 3 is 3.11 bits per heavy atom. The van der Waals surface area contributed by atoms with Gasteiger partial charge in [-0.1, -0.05) is 0 Å². The average Bonchev–Trinajstić information content (AvgIpc) is 2.46. The molecule has 7 heteroatoms. The number of nitrogens with one attached hydrogen (secondary N) is 2. The molecule has 1 atom stereocenters. The molecule has 0 saturated carbocycles. The maximum absolute atomic E-state index is 12.1. The number of amides is 1. The Bertz CT molecular complexity index is 449. The van der Waals surface area contributed by atoms with Crippen molar-refractivity contribution in [2.45, 2.75) is 25.4 Å². The number of ether oxygens (including phenoxy) is 1. The molecule has 1 unspecified atom stereocenters. The van der Waals surface area contributed by atoms with Crippen molar-refractivity contribution in [3.05, 3.63) is 22.3 Å². The standard InChI is InChI=1S/C12H17BrN4O2/c13-8-5-10(11(17-14)15-6-8)12(18)16-7-9-3-1-2-4-19-9/h5-6,9H,1-4,7,14H2,(H,15,17)(H,16,18). The summed E-state index contributed by atoms with van der Waals surface area (Å²) in [5.41, 5.74) is 2.83. The fraction of sp³-hybridized carbons (Fsp3) is 0.500. The van der Waals surface area contributed by atoms with Crippen molar-refractivity contribution in [1.82, 2.24) is 10.3 Å². The molecular formula is C12H17BrN4O2. The number of hydrazine groups is 1. The molecule has 0 aromatic carbocycles. The second kappa shape index (κ2) is 6.83. The van der Waals surface area contributed by atoms with Crippen molar-refractivity contribution in [2.75, 3.05) is 18.6 Å². The second-order valence-corrected chi connectivity index (χ2v) is 5.31. The summed E-state index contributed by atoms with van der Waals surface area (Å²) in [6.07, 6.45) is 4.91. The first-order chi connectivity index (χ1) is 9.20. The molecule has 2 heterocycles. The Hall–Kier alpha value is -1.18. The lowest BCUT2D eigenvalue weighted by Gasteiger charge is -2.22. The lowest BCUT2D eigenvalue weighted by molar-refractivity contribution is 0.0169. The first kappa shape index (κ1) is 14.2. The number of carbonyl (C=O) groups excluding carboxylic acids is 1. The number of nitrogens with zero attached hydrogens (tertiary/aromatic N) is 1. The summed E-state index contributed by atoms with van der Waals surface area (Å²) in [6, 6.07) is 1.68. The minimum absolute atomic E-state index is 0.104. The molecule has 0 aliphatic carbocycles. The average molecular weight is 329 g/mol. The zero-order valence-electron chi connectivity index (χ0n) is 10.5. The summed E-state index contributed by atoms with van der Waals surface area (Å²) in [4.78, 5) is 16.1. The van der Waals surface area contributed by atoms with Gasteiger partial charge in [-0.05, 0) is 41.3 Å². The summed E-state index contributed by atoms with van der Waals surface area (Å²) in [5.74, 6) is 5.48. The van der Waals surface area contributed by atoms with Gasteiger partial charge in [0.1, 0.15) is 0 Å². The summed E-state index contributed by atoms with van der Waals surface area (Å²) in [6.45, 7) is 1.28. The van der Waals surface area contributed by atoms with Crippen molar-refractivity contribution < 1.29 is 9.53 Å². The maximum Gasteiger partial charge on any atom is 0.255 e. The fourth-order valence-electron chi connectivity index (χ4n) is 2.00. The van der Waals surface area contributed by atoms with Crippen molar-refractivity contribution in [2.24, 2.45) is 5.84 Å². The Morgan fingerprint density at radius 2 is 2.42 bits per heavy atom. The molecule has 1 amide bonds. The Kier molecular flexibility index (Phi) is 5.12. The van der Waals surface area contributed by atoms with E-state index in [-0.39, 0.29) is 12.0 Å². The third kappa shape index (κ3) is 3.89. The Morgan fingerprint density at radius 1 is 1.58 bits per heavy atom. The summed E-state index contributed by atoms with van der Waals surface area (Å²) >= 11 is 3.29. The van der Waals surface area contributed by atoms with Gasteiger partial charge in [0.25, 0.3) is 5.91 Å². The van der Waals surface area contributed by atoms with Gasteiger partial charge in [-0.3, -0.25) is 4.79 Å². The smallest absolute Gasteiger partial charge is 0.255 e. The van der Waals surface area contributed by atoms with Crippen LogP contribution in [-0.4, -0.2) is 30.1 Å². The number of nitrogen functional groups attached to an aromatic ring is 1. The van der Waals surface area contributed by atoms with Gasteiger partial charge in [0.2, 0.25) is 0 Å². The topological polar surface area (TPSA) is 89.3 Å². The molecule has 6 nitrogen and oxygen atoms in total. The number of halogens is 1. The first-order valence-electron chi connectivity index (χ1n) is 6.22. The molecular weight excluding hydrogens is 312 g/mol. The predicted octanol–water partition coefficient (Wildman–Crippen LogP) is 1.43. The maximum atomic E-state index is 12.1. The van der Waals surface area contributed by atoms with Crippen LogP contribution in [-0.2, 0) is 4.74 Å². The van der Waals surface area contributed by atoms with E-state index in [4.69, 9.17) is 10.6 Å². The monoisotopic (exact) mass is 328 g/mol. The fourth-order valence-corrected chi connectivity index (χ4v) is 2.33. The molecule has 0 bridgehead atoms. The molecule has 1 aliphatic rings. The minimum Gasteiger partial charge on any atom is -0.376 e. The number of rotatable bonds is 4. The number of anilines is 1. The third-order valence-electron chi connectivity index (χ3n) is 3.00. The highest BCUT2D eigenvalue weighted by atomic mass is 79.9. The van der Waals surface area contributed by atoms with Crippen molar-refractivity contribution >= 4 is 27.7 Å². The van der Waals surface area contributed by atoms with Crippen molar-refractivity contribution in [3.63, 3.8) is 0 Å². The van der Waals surface area contributed by atoms with E-state index in [0.29, 0.717) is 17.9 Å². The van der Waals surface area contributed by atoms with E-state index in [1.807, 2.05) is 0 Å². The lowest BCUT2D eigenvalue weighted by atomic mass is 10.1. The van der Waals surface area contributed by atoms with Gasteiger partial charge in [0.15, 0.2) is 5.82 Å². The molecule has 19 heavy (non-hydrogen) atoms. The quantitative estimate of drug-likeness (QED) is 0.574. The number of hydrogen-bond acceptors (Lipinski definition) is 5. The zero-order valence-corrected chi connectivity index (χ0v) is 12.1. The zero-order chi connectivity index (χ0) is 13.7. The van der Waals surface area contributed by atoms with E-state index < -0.39 is 0 Å². The highest BCUT2D eigenvalue weighted by Crippen LogP contribution is 2.17. The van der Waals surface area contributed by atoms with E-state index >= 15 is 0 Å². The molecule has 2 rings (SSSR count). The lowest BCUT2D eigenvalue weighted by Crippen LogP contribution is -2.36. The molecule has 4 N–H and O–H groups in total. The highest BCUT2D eigenvalue weighted by Gasteiger charge is 2.17. The van der Waals surface area contributed by atoms with E-state index in [1.54, 1.807) is 12.3 Å². The van der Waals surface area contributed by atoms with Crippen LogP contribution in [0.1, 0.15) is 29.6 Å². The minimum atomic E-state index is -0.212. The van der Waals surface area contributed by atoms with Crippen LogP contribution in [0.3, 0.4) is 0 Å². The molecule has 0 radical (unpaired) electrons. The number of nitrogens with two attached hydrogens (primary N) is 1. The van der Waals surface area contributed by atoms with Crippen LogP contribution in [0, 0.1) is 0 Å². The van der Waals surface area contributed by atoms with E-state index in [1.165, 1.54) is 0 Å². The molecule has 1 aromatic heterocycles. The van der Waals surface area contributed by atoms with Gasteiger partial charge in [-0.25, -0.2) is 10.8 Å². The van der Waals surface area contributed by atoms with Crippen LogP contribution in [0.5, 0.6) is 0 Å². The molecule has 1 aliphatic heterocycles. The Labute approximate surface area is 120 Å². The first-order valence-corrected chi connectivity index (χ1v) is 7.02. The predicted molar refractivity (Wildman–Crippen MR) is 75.7 cm³/mol. The van der Waals surface area contributed by atoms with Crippen LogP contribution in [0.2, 0.25) is 0 Å². The van der Waals surface area contributed by atoms with Crippen LogP contribution in [0.15, 0.2) is 16.7 Å². The van der Waals surface area contributed by atoms with Crippen LogP contribution in [0.4, 0.5) is 5.82 Å². The normalized spacial score (nSPS) is 18.9. The van der Waals surface area contributed by atoms with Gasteiger partial charge in [0.05, 0.1) is 11.7 Å². The van der Waals surface area contributed by atoms with Gasteiger partial charge in [-0.2, -0.15) is 0 Å². The second-order valence-electron chi connectivity index (χ2n) is 4.39. The molecule has 1 aromatic rings. The highest BCUT2D eigenvalue weighted by molar-refractivity contribution is 9.10. The van der Waals surface area contributed by atoms with Gasteiger partial charge < -0.3 is 15.5 Å². The van der Waals surface area contributed by atoms with Crippen LogP contribution in [0.25, 0.3) is 0 Å². The largest absolute Gasteiger partial charge is 0.376 e. The van der Waals surface area contributed by atoms with Gasteiger partial charge in [0, 0.05) is 23.8 Å². The van der Waals surface area contributed by atoms with Crippen molar-refractivity contribution in [1.29, 1.82) is 0 Å². The van der Waals surface area contributed by atoms with Crippen LogP contribution < -0.4 is 16.6 Å². The number of hydrogen-bond donors (Lipinski definition) is 3. The van der Waals surface area contributed by atoms with Gasteiger partial charge >= 0.3 is 0 Å². The number of aromatic nitrogens is 1. The summed E-state index contributed by atoms with van der Waals surface area (Å²) in [5, 5.41) is 2.85. The number of pyridine rings is 1. The summed E-state index contributed by atoms with van der Waals surface area (Å²) < 4.78 is 6.29.